The number of hydrogen-bond donors (Lipinski definition) is 2. The van der Waals surface area contributed by atoms with Crippen LogP contribution >= 0.6 is 0 Å². The molecule has 0 fully saturated rings. The minimum absolute atomic E-state index is 0.121. The van der Waals surface area contributed by atoms with Crippen LogP contribution in [-0.2, 0) is 22.5 Å². The van der Waals surface area contributed by atoms with Gasteiger partial charge in [-0.1, -0.05) is 42.5 Å². The van der Waals surface area contributed by atoms with Crippen LogP contribution in [0.15, 0.2) is 79.0 Å². The quantitative estimate of drug-likeness (QED) is 0.256. The Bertz CT molecular complexity index is 1910. The molecule has 1 aromatic heterocycles. The third kappa shape index (κ3) is 7.85. The van der Waals surface area contributed by atoms with E-state index >= 15 is 0 Å². The highest BCUT2D eigenvalue weighted by molar-refractivity contribution is 7.89. The van der Waals surface area contributed by atoms with Crippen LogP contribution in [0.5, 0.6) is 5.75 Å². The van der Waals surface area contributed by atoms with Crippen LogP contribution in [0.25, 0.3) is 0 Å². The molecule has 0 bridgehead atoms. The maximum Gasteiger partial charge on any atom is 0.298 e. The topological polar surface area (TPSA) is 150 Å². The highest BCUT2D eigenvalue weighted by Crippen LogP contribution is 2.36. The van der Waals surface area contributed by atoms with Crippen LogP contribution in [0.4, 0.5) is 20.2 Å². The normalized spacial score (nSPS) is 12.9. The molecular weight excluding hydrogens is 644 g/mol. The molecule has 2 N–H and O–H groups in total. The van der Waals surface area contributed by atoms with Gasteiger partial charge in [0.1, 0.15) is 17.5 Å². The molecular formula is C33H35F2N7O5S. The molecule has 2 amide bonds. The number of rotatable bonds is 10. The Morgan fingerprint density at radius 1 is 1.06 bits per heavy atom. The van der Waals surface area contributed by atoms with Crippen LogP contribution in [0.1, 0.15) is 37.5 Å². The number of benzene rings is 3. The zero-order valence-electron chi connectivity index (χ0n) is 26.8. The van der Waals surface area contributed by atoms with Crippen LogP contribution in [0.3, 0.4) is 0 Å². The summed E-state index contributed by atoms with van der Waals surface area (Å²) >= 11 is 0. The summed E-state index contributed by atoms with van der Waals surface area (Å²) in [6.07, 6.45) is 1.38. The Balaban J connectivity index is 0.000000453. The SMILES string of the molecule is CNCCS(=O)(=O)N(C)C.COc1ccc(C(=O)Nc2cnn3c2C(=O)N(c2ccc(C(F)(F)c4ccccc4)cc2)CC3)cc1C#N. The van der Waals surface area contributed by atoms with E-state index < -0.39 is 27.8 Å². The molecule has 15 heteroatoms. The fraction of sp³-hybridized carbons (Fsp3) is 0.273. The van der Waals surface area contributed by atoms with Gasteiger partial charge in [0, 0.05) is 49.6 Å². The number of anilines is 2. The van der Waals surface area contributed by atoms with Crippen molar-refractivity contribution in [1.82, 2.24) is 19.4 Å². The molecule has 0 spiro atoms. The predicted octanol–water partition coefficient (Wildman–Crippen LogP) is 3.91. The van der Waals surface area contributed by atoms with Gasteiger partial charge < -0.3 is 20.3 Å². The third-order valence-electron chi connectivity index (χ3n) is 7.50. The monoisotopic (exact) mass is 679 g/mol. The summed E-state index contributed by atoms with van der Waals surface area (Å²) < 4.78 is 59.7. The molecule has 0 radical (unpaired) electrons. The molecule has 1 aliphatic heterocycles. The highest BCUT2D eigenvalue weighted by atomic mass is 32.2. The van der Waals surface area contributed by atoms with E-state index in [0.29, 0.717) is 24.5 Å². The summed E-state index contributed by atoms with van der Waals surface area (Å²) in [4.78, 5) is 27.7. The van der Waals surface area contributed by atoms with Gasteiger partial charge in [-0.3, -0.25) is 14.3 Å². The molecule has 1 aliphatic rings. The summed E-state index contributed by atoms with van der Waals surface area (Å²) in [6, 6.07) is 19.5. The highest BCUT2D eigenvalue weighted by Gasteiger charge is 2.35. The molecule has 0 aliphatic carbocycles. The summed E-state index contributed by atoms with van der Waals surface area (Å²) in [5.41, 5.74) is 0.902. The van der Waals surface area contributed by atoms with Gasteiger partial charge in [0.15, 0.2) is 0 Å². The third-order valence-corrected chi connectivity index (χ3v) is 9.33. The van der Waals surface area contributed by atoms with Gasteiger partial charge in [-0.2, -0.15) is 19.1 Å². The summed E-state index contributed by atoms with van der Waals surface area (Å²) in [5, 5.41) is 19.0. The molecule has 252 valence electrons. The smallest absolute Gasteiger partial charge is 0.298 e. The molecule has 0 saturated carbocycles. The number of nitriles is 1. The molecule has 2 heterocycles. The van der Waals surface area contributed by atoms with Gasteiger partial charge >= 0.3 is 0 Å². The first kappa shape index (κ1) is 35.7. The number of amides is 2. The Hall–Kier alpha value is -5.17. The van der Waals surface area contributed by atoms with E-state index in [2.05, 4.69) is 15.7 Å². The van der Waals surface area contributed by atoms with Crippen molar-refractivity contribution in [2.45, 2.75) is 12.5 Å². The lowest BCUT2D eigenvalue weighted by atomic mass is 10.00. The zero-order valence-corrected chi connectivity index (χ0v) is 27.6. The van der Waals surface area contributed by atoms with Crippen molar-refractivity contribution in [2.75, 3.05) is 57.3 Å². The largest absolute Gasteiger partial charge is 0.495 e. The number of carbonyl (C=O) groups excluding carboxylic acids is 2. The van der Waals surface area contributed by atoms with Gasteiger partial charge in [0.2, 0.25) is 10.0 Å². The number of carbonyl (C=O) groups is 2. The van der Waals surface area contributed by atoms with Gasteiger partial charge in [0.05, 0.1) is 36.9 Å². The Kier molecular flexibility index (Phi) is 11.3. The number of sulfonamides is 1. The van der Waals surface area contributed by atoms with Gasteiger partial charge in [-0.05, 0) is 37.4 Å². The van der Waals surface area contributed by atoms with Crippen molar-refractivity contribution in [2.24, 2.45) is 0 Å². The molecule has 0 saturated heterocycles. The molecule has 0 atom stereocenters. The average Bonchev–Trinajstić information content (AvgIpc) is 3.51. The number of fused-ring (bicyclic) bond motifs is 1. The Labute approximate surface area is 277 Å². The standard InChI is InChI=1S/C28H21F2N5O3.C5H14N2O2S/c1-38-24-12-7-18(15-19(24)16-31)26(36)33-23-17-32-35-14-13-34(27(37)25(23)35)22-10-8-21(9-11-22)28(29,30)20-5-3-2-4-6-20;1-6-4-5-10(8,9)7(2)3/h2-12,15,17H,13-14H2,1H3,(H,33,36);6H,4-5H2,1-3H3. The van der Waals surface area contributed by atoms with E-state index in [4.69, 9.17) is 4.74 Å². The molecule has 4 aromatic rings. The average molecular weight is 680 g/mol. The number of ether oxygens (including phenoxy) is 1. The van der Waals surface area contributed by atoms with E-state index in [1.54, 1.807) is 25.2 Å². The zero-order chi connectivity index (χ0) is 35.1. The number of methoxy groups -OCH3 is 1. The second-order valence-electron chi connectivity index (χ2n) is 10.8. The fourth-order valence-electron chi connectivity index (χ4n) is 4.75. The maximum absolute atomic E-state index is 14.9. The molecule has 0 unspecified atom stereocenters. The lowest BCUT2D eigenvalue weighted by molar-refractivity contribution is 0.0428. The first-order chi connectivity index (χ1) is 22.8. The van der Waals surface area contributed by atoms with Crippen molar-refractivity contribution >= 4 is 33.2 Å². The van der Waals surface area contributed by atoms with Gasteiger partial charge in [-0.15, -0.1) is 0 Å². The van der Waals surface area contributed by atoms with Crippen molar-refractivity contribution < 1.29 is 31.5 Å². The minimum Gasteiger partial charge on any atom is -0.495 e. The van der Waals surface area contributed by atoms with Crippen LogP contribution in [0, 0.1) is 11.3 Å². The number of alkyl halides is 2. The predicted molar refractivity (Wildman–Crippen MR) is 177 cm³/mol. The number of halogens is 2. The van der Waals surface area contributed by atoms with Gasteiger partial charge in [-0.25, -0.2) is 12.7 Å². The lowest BCUT2D eigenvalue weighted by Gasteiger charge is -2.28. The second-order valence-corrected chi connectivity index (χ2v) is 13.1. The second kappa shape index (κ2) is 15.2. The van der Waals surface area contributed by atoms with Crippen molar-refractivity contribution in [1.29, 1.82) is 5.26 Å². The first-order valence-corrected chi connectivity index (χ1v) is 16.3. The van der Waals surface area contributed by atoms with Crippen molar-refractivity contribution in [3.05, 3.63) is 107 Å². The Morgan fingerprint density at radius 2 is 1.73 bits per heavy atom. The maximum atomic E-state index is 14.9. The minimum atomic E-state index is -3.19. The summed E-state index contributed by atoms with van der Waals surface area (Å²) in [5.74, 6) is -3.65. The number of nitrogens with zero attached hydrogens (tertiary/aromatic N) is 5. The Morgan fingerprint density at radius 3 is 2.33 bits per heavy atom. The molecule has 3 aromatic carbocycles. The van der Waals surface area contributed by atoms with Crippen LogP contribution < -0.4 is 20.3 Å². The molecule has 5 rings (SSSR count). The molecule has 48 heavy (non-hydrogen) atoms. The first-order valence-electron chi connectivity index (χ1n) is 14.7. The van der Waals surface area contributed by atoms with Crippen molar-refractivity contribution in [3.8, 4) is 11.8 Å². The van der Waals surface area contributed by atoms with Crippen LogP contribution in [0.2, 0.25) is 0 Å². The van der Waals surface area contributed by atoms with E-state index in [-0.39, 0.29) is 45.9 Å². The summed E-state index contributed by atoms with van der Waals surface area (Å²) in [7, 11) is 3.23. The van der Waals surface area contributed by atoms with Crippen LogP contribution in [-0.4, -0.2) is 81.4 Å². The van der Waals surface area contributed by atoms with E-state index in [9.17, 15) is 32.0 Å². The lowest BCUT2D eigenvalue weighted by Crippen LogP contribution is -2.41. The number of nitrogens with one attached hydrogen (secondary N) is 2. The number of hydrogen-bond acceptors (Lipinski definition) is 8. The van der Waals surface area contributed by atoms with E-state index in [1.165, 1.54) is 95.9 Å². The van der Waals surface area contributed by atoms with E-state index in [0.717, 1.165) is 0 Å². The number of aromatic nitrogens is 2. The molecule has 12 nitrogen and oxygen atoms in total. The summed E-state index contributed by atoms with van der Waals surface area (Å²) in [6.45, 7) is 1.12. The fourth-order valence-corrected chi connectivity index (χ4v) is 5.58. The van der Waals surface area contributed by atoms with Gasteiger partial charge in [0.25, 0.3) is 17.7 Å². The van der Waals surface area contributed by atoms with Crippen molar-refractivity contribution in [3.63, 3.8) is 0 Å². The van der Waals surface area contributed by atoms with E-state index in [1.807, 2.05) is 6.07 Å².